The fourth-order valence-corrected chi connectivity index (χ4v) is 5.84. The van der Waals surface area contributed by atoms with Crippen LogP contribution < -0.4 is 14.8 Å². The number of halogens is 1. The van der Waals surface area contributed by atoms with Crippen molar-refractivity contribution in [3.05, 3.63) is 88.2 Å². The zero-order valence-corrected chi connectivity index (χ0v) is 22.6. The lowest BCUT2D eigenvalue weighted by molar-refractivity contribution is -0.117. The molecule has 3 aromatic rings. The standard InChI is InChI=1S/C32H37FN2O3/c1-4-7-21-8-10-24(11-9-21)28-16-26(25-12-13-29-30(17-25)38-20-37-29)18-35(28)19-31(36)34-32-22(5-2)14-27(33)15-23(32)6-3/h8-15,17,26,28H,4-7,16,18-20H2,1-3H3,(H,34,36)/t26-,28?/m1/s1. The second-order valence-electron chi connectivity index (χ2n) is 10.3. The van der Waals surface area contributed by atoms with Gasteiger partial charge in [0.15, 0.2) is 11.5 Å². The van der Waals surface area contributed by atoms with Gasteiger partial charge in [-0.25, -0.2) is 4.39 Å². The van der Waals surface area contributed by atoms with Crippen LogP contribution in [0.5, 0.6) is 11.5 Å². The van der Waals surface area contributed by atoms with Crippen molar-refractivity contribution in [2.24, 2.45) is 0 Å². The maximum atomic E-state index is 14.1. The van der Waals surface area contributed by atoms with Gasteiger partial charge in [0.25, 0.3) is 0 Å². The van der Waals surface area contributed by atoms with Crippen molar-refractivity contribution >= 4 is 11.6 Å². The van der Waals surface area contributed by atoms with E-state index in [0.29, 0.717) is 12.8 Å². The molecule has 0 spiro atoms. The molecule has 3 aromatic carbocycles. The summed E-state index contributed by atoms with van der Waals surface area (Å²) >= 11 is 0. The highest BCUT2D eigenvalue weighted by Crippen LogP contribution is 2.43. The number of nitrogens with zero attached hydrogens (tertiary/aromatic N) is 1. The number of ether oxygens (including phenoxy) is 2. The Hall–Kier alpha value is -3.38. The quantitative estimate of drug-likeness (QED) is 0.340. The summed E-state index contributed by atoms with van der Waals surface area (Å²) in [4.78, 5) is 15.7. The van der Waals surface area contributed by atoms with Crippen LogP contribution in [0.1, 0.15) is 73.4 Å². The third kappa shape index (κ3) is 5.56. The Kier molecular flexibility index (Phi) is 7.98. The van der Waals surface area contributed by atoms with E-state index in [9.17, 15) is 9.18 Å². The summed E-state index contributed by atoms with van der Waals surface area (Å²) < 4.78 is 25.2. The number of fused-ring (bicyclic) bond motifs is 1. The summed E-state index contributed by atoms with van der Waals surface area (Å²) in [6.45, 7) is 7.45. The lowest BCUT2D eigenvalue weighted by Gasteiger charge is -2.25. The minimum absolute atomic E-state index is 0.0695. The summed E-state index contributed by atoms with van der Waals surface area (Å²) in [5.74, 6) is 1.51. The SMILES string of the molecule is CCCc1ccc(C2C[C@@H](c3ccc4c(c3)OCO4)CN2CC(=O)Nc2c(CC)cc(F)cc2CC)cc1. The van der Waals surface area contributed by atoms with Gasteiger partial charge in [0.1, 0.15) is 5.82 Å². The molecule has 1 amide bonds. The van der Waals surface area contributed by atoms with Crippen LogP contribution in [0.15, 0.2) is 54.6 Å². The molecule has 0 bridgehead atoms. The minimum Gasteiger partial charge on any atom is -0.454 e. The van der Waals surface area contributed by atoms with E-state index in [-0.39, 0.29) is 37.0 Å². The van der Waals surface area contributed by atoms with Crippen molar-refractivity contribution in [2.45, 2.75) is 64.8 Å². The number of carbonyl (C=O) groups excluding carboxylic acids is 1. The van der Waals surface area contributed by atoms with Crippen molar-refractivity contribution in [2.75, 3.05) is 25.2 Å². The van der Waals surface area contributed by atoms with Gasteiger partial charge < -0.3 is 14.8 Å². The lowest BCUT2D eigenvalue weighted by atomic mass is 9.93. The Labute approximate surface area is 225 Å². The molecule has 2 aliphatic heterocycles. The molecule has 0 aromatic heterocycles. The van der Waals surface area contributed by atoms with Gasteiger partial charge in [-0.15, -0.1) is 0 Å². The van der Waals surface area contributed by atoms with E-state index in [0.717, 1.165) is 54.1 Å². The van der Waals surface area contributed by atoms with Crippen LogP contribution in [-0.2, 0) is 24.1 Å². The molecule has 5 rings (SSSR count). The van der Waals surface area contributed by atoms with Crippen molar-refractivity contribution in [1.82, 2.24) is 4.90 Å². The number of hydrogen-bond acceptors (Lipinski definition) is 4. The molecule has 6 heteroatoms. The molecule has 200 valence electrons. The molecule has 1 fully saturated rings. The molecular weight excluding hydrogens is 479 g/mol. The third-order valence-corrected chi connectivity index (χ3v) is 7.81. The first-order chi connectivity index (χ1) is 18.5. The van der Waals surface area contributed by atoms with Crippen LogP contribution in [0.25, 0.3) is 0 Å². The molecule has 5 nitrogen and oxygen atoms in total. The molecular formula is C32H37FN2O3. The number of hydrogen-bond donors (Lipinski definition) is 1. The van der Waals surface area contributed by atoms with Crippen LogP contribution in [0.4, 0.5) is 10.1 Å². The highest BCUT2D eigenvalue weighted by Gasteiger charge is 2.35. The molecule has 2 aliphatic rings. The van der Waals surface area contributed by atoms with Crippen molar-refractivity contribution in [1.29, 1.82) is 0 Å². The summed E-state index contributed by atoms with van der Waals surface area (Å²) in [6, 6.07) is 18.2. The smallest absolute Gasteiger partial charge is 0.238 e. The van der Waals surface area contributed by atoms with Crippen molar-refractivity contribution in [3.8, 4) is 11.5 Å². The summed E-state index contributed by atoms with van der Waals surface area (Å²) in [6.07, 6.45) is 4.40. The van der Waals surface area contributed by atoms with Gasteiger partial charge in [0.05, 0.1) is 6.54 Å². The zero-order chi connectivity index (χ0) is 26.6. The number of likely N-dealkylation sites (tertiary alicyclic amines) is 1. The second kappa shape index (κ2) is 11.6. The number of anilines is 1. The third-order valence-electron chi connectivity index (χ3n) is 7.81. The highest BCUT2D eigenvalue weighted by molar-refractivity contribution is 5.94. The number of aryl methyl sites for hydroxylation is 3. The summed E-state index contributed by atoms with van der Waals surface area (Å²) in [5.41, 5.74) is 6.18. The Bertz CT molecular complexity index is 1270. The second-order valence-corrected chi connectivity index (χ2v) is 10.3. The molecule has 2 heterocycles. The van der Waals surface area contributed by atoms with Gasteiger partial charge in [-0.05, 0) is 83.7 Å². The Morgan fingerprint density at radius 3 is 2.32 bits per heavy atom. The highest BCUT2D eigenvalue weighted by atomic mass is 19.1. The first-order valence-electron chi connectivity index (χ1n) is 13.8. The fraction of sp³-hybridized carbons (Fsp3) is 0.406. The maximum absolute atomic E-state index is 14.1. The summed E-state index contributed by atoms with van der Waals surface area (Å²) in [5, 5.41) is 3.14. The molecule has 0 saturated carbocycles. The molecule has 1 N–H and O–H groups in total. The predicted molar refractivity (Wildman–Crippen MR) is 148 cm³/mol. The van der Waals surface area contributed by atoms with Crippen LogP contribution in [-0.4, -0.2) is 30.7 Å². The van der Waals surface area contributed by atoms with E-state index in [4.69, 9.17) is 9.47 Å². The van der Waals surface area contributed by atoms with Crippen LogP contribution in [0.3, 0.4) is 0 Å². The molecule has 1 saturated heterocycles. The molecule has 0 radical (unpaired) electrons. The summed E-state index contributed by atoms with van der Waals surface area (Å²) in [7, 11) is 0. The average Bonchev–Trinajstić information content (AvgIpc) is 3.56. The number of amides is 1. The molecule has 2 atom stereocenters. The van der Waals surface area contributed by atoms with E-state index < -0.39 is 0 Å². The van der Waals surface area contributed by atoms with Gasteiger partial charge in [0, 0.05) is 18.3 Å². The van der Waals surface area contributed by atoms with Gasteiger partial charge in [-0.2, -0.15) is 0 Å². The van der Waals surface area contributed by atoms with E-state index in [1.165, 1.54) is 28.8 Å². The average molecular weight is 517 g/mol. The van der Waals surface area contributed by atoms with Gasteiger partial charge >= 0.3 is 0 Å². The number of benzene rings is 3. The maximum Gasteiger partial charge on any atom is 0.238 e. The van der Waals surface area contributed by atoms with Crippen LogP contribution in [0, 0.1) is 5.82 Å². The normalized spacial score (nSPS) is 18.6. The lowest BCUT2D eigenvalue weighted by Crippen LogP contribution is -2.33. The van der Waals surface area contributed by atoms with E-state index >= 15 is 0 Å². The Morgan fingerprint density at radius 1 is 0.947 bits per heavy atom. The van der Waals surface area contributed by atoms with Crippen LogP contribution >= 0.6 is 0 Å². The largest absolute Gasteiger partial charge is 0.454 e. The van der Waals surface area contributed by atoms with E-state index in [1.807, 2.05) is 19.9 Å². The fourth-order valence-electron chi connectivity index (χ4n) is 5.84. The molecule has 0 aliphatic carbocycles. The Balaban J connectivity index is 1.39. The first-order valence-corrected chi connectivity index (χ1v) is 13.8. The van der Waals surface area contributed by atoms with E-state index in [2.05, 4.69) is 53.5 Å². The first kappa shape index (κ1) is 26.2. The minimum atomic E-state index is -0.255. The van der Waals surface area contributed by atoms with Crippen molar-refractivity contribution in [3.63, 3.8) is 0 Å². The topological polar surface area (TPSA) is 50.8 Å². The van der Waals surface area contributed by atoms with Gasteiger partial charge in [-0.3, -0.25) is 9.69 Å². The van der Waals surface area contributed by atoms with Gasteiger partial charge in [0.2, 0.25) is 12.7 Å². The predicted octanol–water partition coefficient (Wildman–Crippen LogP) is 6.80. The molecule has 38 heavy (non-hydrogen) atoms. The zero-order valence-electron chi connectivity index (χ0n) is 22.6. The van der Waals surface area contributed by atoms with Crippen molar-refractivity contribution < 1.29 is 18.7 Å². The Morgan fingerprint density at radius 2 is 1.63 bits per heavy atom. The van der Waals surface area contributed by atoms with Crippen LogP contribution in [0.2, 0.25) is 0 Å². The number of nitrogens with one attached hydrogen (secondary N) is 1. The van der Waals surface area contributed by atoms with E-state index in [1.54, 1.807) is 0 Å². The number of rotatable bonds is 9. The molecule has 1 unspecified atom stereocenters. The van der Waals surface area contributed by atoms with Gasteiger partial charge in [-0.1, -0.05) is 57.5 Å². The monoisotopic (exact) mass is 516 g/mol. The number of carbonyl (C=O) groups is 1.